The molecule has 121 valence electrons. The molecule has 0 aliphatic carbocycles. The number of amides is 1. The van der Waals surface area contributed by atoms with Gasteiger partial charge in [0.1, 0.15) is 5.75 Å². The van der Waals surface area contributed by atoms with Gasteiger partial charge >= 0.3 is 0 Å². The van der Waals surface area contributed by atoms with E-state index >= 15 is 0 Å². The molecule has 4 nitrogen and oxygen atoms in total. The summed E-state index contributed by atoms with van der Waals surface area (Å²) in [6, 6.07) is 5.24. The molecule has 1 aromatic rings. The van der Waals surface area contributed by atoms with Gasteiger partial charge in [0.2, 0.25) is 9.04 Å². The van der Waals surface area contributed by atoms with E-state index in [-0.39, 0.29) is 17.4 Å². The van der Waals surface area contributed by atoms with Crippen LogP contribution in [-0.2, 0) is 9.22 Å². The van der Waals surface area contributed by atoms with Crippen molar-refractivity contribution >= 4 is 32.2 Å². The van der Waals surface area contributed by atoms with E-state index in [9.17, 15) is 4.79 Å². The molecular weight excluding hydrogens is 318 g/mol. The van der Waals surface area contributed by atoms with Gasteiger partial charge in [-0.05, 0) is 36.7 Å². The van der Waals surface area contributed by atoms with Gasteiger partial charge in [-0.3, -0.25) is 4.79 Å². The molecule has 22 heavy (non-hydrogen) atoms. The summed E-state index contributed by atoms with van der Waals surface area (Å²) in [5, 5.41) is 3.44. The number of ether oxygens (including phenoxy) is 1. The molecule has 2 atom stereocenters. The van der Waals surface area contributed by atoms with Crippen molar-refractivity contribution in [1.82, 2.24) is 0 Å². The predicted octanol–water partition coefficient (Wildman–Crippen LogP) is 4.11. The van der Waals surface area contributed by atoms with Gasteiger partial charge in [-0.25, -0.2) is 0 Å². The first-order valence-corrected chi connectivity index (χ1v) is 10.2. The third-order valence-corrected chi connectivity index (χ3v) is 4.52. The van der Waals surface area contributed by atoms with E-state index in [1.165, 1.54) is 0 Å². The lowest BCUT2D eigenvalue weighted by Gasteiger charge is -2.36. The molecule has 1 aromatic carbocycles. The summed E-state index contributed by atoms with van der Waals surface area (Å²) in [5.74, 6) is 0.508. The number of halogens is 1. The molecular formula is C16H23ClNO3Si. The fourth-order valence-corrected chi connectivity index (χ4v) is 3.53. The molecule has 6 heteroatoms. The van der Waals surface area contributed by atoms with E-state index < -0.39 is 15.1 Å². The highest BCUT2D eigenvalue weighted by Gasteiger charge is 2.35. The van der Waals surface area contributed by atoms with Crippen LogP contribution in [0.2, 0.25) is 18.1 Å². The number of benzene rings is 1. The van der Waals surface area contributed by atoms with E-state index in [0.29, 0.717) is 22.9 Å². The van der Waals surface area contributed by atoms with Crippen molar-refractivity contribution in [3.63, 3.8) is 0 Å². The molecule has 1 amide bonds. The summed E-state index contributed by atoms with van der Waals surface area (Å²) in [6.07, 6.45) is -0.0343. The molecule has 0 fully saturated rings. The largest absolute Gasteiger partial charge is 0.478 e. The van der Waals surface area contributed by atoms with E-state index in [2.05, 4.69) is 39.2 Å². The van der Waals surface area contributed by atoms with Crippen LogP contribution in [-0.4, -0.2) is 27.2 Å². The highest BCUT2D eigenvalue weighted by atomic mass is 35.5. The lowest BCUT2D eigenvalue weighted by Crippen LogP contribution is -2.44. The molecule has 1 aliphatic heterocycles. The maximum Gasteiger partial charge on any atom is 0.265 e. The summed E-state index contributed by atoms with van der Waals surface area (Å²) in [6.45, 7) is 10.6. The monoisotopic (exact) mass is 340 g/mol. The second kappa shape index (κ2) is 6.60. The Labute approximate surface area is 138 Å². The number of anilines is 1. The van der Waals surface area contributed by atoms with E-state index in [1.807, 2.05) is 0 Å². The Bertz CT molecular complexity index is 557. The normalized spacial score (nSPS) is 19.4. The number of rotatable bonds is 4. The first-order chi connectivity index (χ1) is 10.2. The molecule has 1 radical (unpaired) electrons. The van der Waals surface area contributed by atoms with Crippen molar-refractivity contribution in [2.45, 2.75) is 52.5 Å². The Morgan fingerprint density at radius 1 is 1.41 bits per heavy atom. The third kappa shape index (κ3) is 4.24. The Kier molecular flexibility index (Phi) is 5.20. The van der Waals surface area contributed by atoms with Crippen molar-refractivity contribution in [3.05, 3.63) is 23.2 Å². The maximum absolute atomic E-state index is 12.3. The first-order valence-electron chi connectivity index (χ1n) is 7.40. The van der Waals surface area contributed by atoms with Crippen LogP contribution in [0.15, 0.2) is 18.2 Å². The second-order valence-corrected chi connectivity index (χ2v) is 9.34. The zero-order valence-corrected chi connectivity index (χ0v) is 15.5. The van der Waals surface area contributed by atoms with E-state index in [1.54, 1.807) is 18.2 Å². The minimum atomic E-state index is -0.853. The molecule has 0 spiro atoms. The summed E-state index contributed by atoms with van der Waals surface area (Å²) in [7, 11) is -0.853. The number of nitrogens with one attached hydrogen (secondary N) is 1. The Morgan fingerprint density at radius 2 is 2.09 bits per heavy atom. The number of hydrogen-bond acceptors (Lipinski definition) is 3. The van der Waals surface area contributed by atoms with Gasteiger partial charge in [0.15, 0.2) is 6.10 Å². The van der Waals surface area contributed by atoms with Crippen LogP contribution in [0.4, 0.5) is 5.69 Å². The predicted molar refractivity (Wildman–Crippen MR) is 90.9 cm³/mol. The fraction of sp³-hybridized carbons (Fsp3) is 0.562. The molecule has 0 bridgehead atoms. The van der Waals surface area contributed by atoms with Crippen molar-refractivity contribution < 1.29 is 14.0 Å². The summed E-state index contributed by atoms with van der Waals surface area (Å²) < 4.78 is 12.0. The van der Waals surface area contributed by atoms with E-state index in [4.69, 9.17) is 20.8 Å². The average molecular weight is 341 g/mol. The fourth-order valence-electron chi connectivity index (χ4n) is 2.34. The van der Waals surface area contributed by atoms with Gasteiger partial charge in [-0.15, -0.1) is 0 Å². The smallest absolute Gasteiger partial charge is 0.265 e. The van der Waals surface area contributed by atoms with Crippen molar-refractivity contribution in [1.29, 1.82) is 0 Å². The van der Waals surface area contributed by atoms with Crippen LogP contribution in [0, 0.1) is 5.41 Å². The summed E-state index contributed by atoms with van der Waals surface area (Å²) >= 11 is 5.94. The first kappa shape index (κ1) is 17.3. The van der Waals surface area contributed by atoms with Crippen LogP contribution in [0.1, 0.15) is 27.2 Å². The minimum absolute atomic E-state index is 0.0269. The second-order valence-electron chi connectivity index (χ2n) is 6.85. The summed E-state index contributed by atoms with van der Waals surface area (Å²) in [4.78, 5) is 12.3. The van der Waals surface area contributed by atoms with E-state index in [0.717, 1.165) is 0 Å². The van der Waals surface area contributed by atoms with Gasteiger partial charge in [-0.1, -0.05) is 32.4 Å². The van der Waals surface area contributed by atoms with Crippen molar-refractivity contribution in [2.24, 2.45) is 5.41 Å². The van der Waals surface area contributed by atoms with Crippen LogP contribution in [0.3, 0.4) is 0 Å². The third-order valence-electron chi connectivity index (χ3n) is 3.53. The lowest BCUT2D eigenvalue weighted by molar-refractivity contribution is -0.125. The van der Waals surface area contributed by atoms with Gasteiger partial charge in [0.05, 0.1) is 11.8 Å². The molecule has 1 N–H and O–H groups in total. The molecule has 0 saturated heterocycles. The van der Waals surface area contributed by atoms with Crippen LogP contribution in [0.5, 0.6) is 5.75 Å². The Morgan fingerprint density at radius 3 is 2.68 bits per heavy atom. The van der Waals surface area contributed by atoms with Gasteiger partial charge in [0, 0.05) is 11.4 Å². The Hall–Kier alpha value is -1.04. The van der Waals surface area contributed by atoms with Crippen LogP contribution >= 0.6 is 11.6 Å². The lowest BCUT2D eigenvalue weighted by atomic mass is 9.85. The highest BCUT2D eigenvalue weighted by Crippen LogP contribution is 2.35. The van der Waals surface area contributed by atoms with Gasteiger partial charge in [-0.2, -0.15) is 0 Å². The zero-order chi connectivity index (χ0) is 16.5. The van der Waals surface area contributed by atoms with Crippen LogP contribution < -0.4 is 10.1 Å². The summed E-state index contributed by atoms with van der Waals surface area (Å²) in [5.41, 5.74) is 0.573. The molecule has 1 heterocycles. The molecule has 0 aromatic heterocycles. The minimum Gasteiger partial charge on any atom is -0.478 e. The standard InChI is InChI=1S/C16H23ClNO3Si/c1-16(2,3)14(21-22(4)5)9-13-15(19)18-11-8-10(17)6-7-12(11)20-13/h6-8,13-14H,9H2,1-5H3,(H,18,19). The molecule has 2 unspecified atom stereocenters. The number of hydrogen-bond donors (Lipinski definition) is 1. The quantitative estimate of drug-likeness (QED) is 0.839. The molecule has 2 rings (SSSR count). The Balaban J connectivity index is 2.15. The molecule has 1 aliphatic rings. The zero-order valence-electron chi connectivity index (χ0n) is 13.7. The number of carbonyl (C=O) groups is 1. The molecule has 0 saturated carbocycles. The number of fused-ring (bicyclic) bond motifs is 1. The number of carbonyl (C=O) groups excluding carboxylic acids is 1. The van der Waals surface area contributed by atoms with Crippen molar-refractivity contribution in [3.8, 4) is 5.75 Å². The maximum atomic E-state index is 12.3. The highest BCUT2D eigenvalue weighted by molar-refractivity contribution is 6.48. The van der Waals surface area contributed by atoms with Crippen LogP contribution in [0.25, 0.3) is 0 Å². The van der Waals surface area contributed by atoms with Gasteiger partial charge < -0.3 is 14.5 Å². The average Bonchev–Trinajstić information content (AvgIpc) is 2.37. The SMILES string of the molecule is C[Si](C)OC(CC1Oc2ccc(Cl)cc2NC1=O)C(C)(C)C. The topological polar surface area (TPSA) is 47.6 Å². The van der Waals surface area contributed by atoms with Gasteiger partial charge in [0.25, 0.3) is 5.91 Å². The van der Waals surface area contributed by atoms with Crippen molar-refractivity contribution in [2.75, 3.05) is 5.32 Å².